The minimum atomic E-state index is 0.120. The molecule has 3 heterocycles. The van der Waals surface area contributed by atoms with Gasteiger partial charge < -0.3 is 13.9 Å². The van der Waals surface area contributed by atoms with Crippen molar-refractivity contribution < 1.29 is 13.9 Å². The maximum Gasteiger partial charge on any atom is 0.145 e. The van der Waals surface area contributed by atoms with Crippen molar-refractivity contribution in [2.45, 2.75) is 38.5 Å². The minimum absolute atomic E-state index is 0.120. The Morgan fingerprint density at radius 1 is 1.15 bits per heavy atom. The van der Waals surface area contributed by atoms with Crippen LogP contribution in [0.4, 0.5) is 0 Å². The van der Waals surface area contributed by atoms with Crippen LogP contribution in [0.1, 0.15) is 42.5 Å². The average molecular weight is 366 g/mol. The number of aromatic nitrogens is 1. The summed E-state index contributed by atoms with van der Waals surface area (Å²) >= 11 is 0. The van der Waals surface area contributed by atoms with Crippen molar-refractivity contribution >= 4 is 10.9 Å². The topological polar surface area (TPSA) is 47.7 Å². The van der Waals surface area contributed by atoms with Crippen LogP contribution in [0, 0.1) is 0 Å². The van der Waals surface area contributed by atoms with Gasteiger partial charge in [-0.05, 0) is 56.1 Å². The van der Waals surface area contributed by atoms with Crippen molar-refractivity contribution in [2.75, 3.05) is 20.8 Å². The number of ether oxygens (including phenoxy) is 2. The van der Waals surface area contributed by atoms with E-state index in [4.69, 9.17) is 13.9 Å². The zero-order chi connectivity index (χ0) is 18.6. The number of rotatable bonds is 6. The summed E-state index contributed by atoms with van der Waals surface area (Å²) < 4.78 is 17.3. The fraction of sp³-hybridized carbons (Fsp3) is 0.409. The van der Waals surface area contributed by atoms with Crippen molar-refractivity contribution in [1.29, 1.82) is 0 Å². The standard InChI is InChI=1S/C22H26N2O3/c1-24(15-17-9-11-20(27-17)19-7-3-4-13-26-19)14-16-8-10-21(25-2)22-18(16)6-5-12-23-22/h5-6,8-12,19H,3-4,7,13-15H2,1-2H3. The van der Waals surface area contributed by atoms with Crippen LogP contribution >= 0.6 is 0 Å². The molecule has 1 aliphatic heterocycles. The molecule has 0 N–H and O–H groups in total. The third kappa shape index (κ3) is 3.99. The molecule has 1 aliphatic rings. The van der Waals surface area contributed by atoms with Gasteiger partial charge in [0.2, 0.25) is 0 Å². The van der Waals surface area contributed by atoms with Gasteiger partial charge in [0.1, 0.15) is 28.9 Å². The van der Waals surface area contributed by atoms with Gasteiger partial charge in [0.25, 0.3) is 0 Å². The van der Waals surface area contributed by atoms with E-state index in [1.54, 1.807) is 13.3 Å². The van der Waals surface area contributed by atoms with E-state index in [9.17, 15) is 0 Å². The summed E-state index contributed by atoms with van der Waals surface area (Å²) in [6, 6.07) is 12.3. The highest BCUT2D eigenvalue weighted by molar-refractivity contribution is 5.87. The van der Waals surface area contributed by atoms with Crippen LogP contribution in [-0.4, -0.2) is 30.6 Å². The average Bonchev–Trinajstić information content (AvgIpc) is 3.17. The van der Waals surface area contributed by atoms with Crippen molar-refractivity contribution in [2.24, 2.45) is 0 Å². The Balaban J connectivity index is 1.46. The van der Waals surface area contributed by atoms with Crippen LogP contribution in [0.5, 0.6) is 5.75 Å². The summed E-state index contributed by atoms with van der Waals surface area (Å²) in [7, 11) is 3.78. The van der Waals surface area contributed by atoms with Crippen LogP contribution < -0.4 is 4.74 Å². The number of benzene rings is 1. The molecular formula is C22H26N2O3. The monoisotopic (exact) mass is 366 g/mol. The van der Waals surface area contributed by atoms with E-state index in [1.807, 2.05) is 12.1 Å². The van der Waals surface area contributed by atoms with Crippen LogP contribution in [0.2, 0.25) is 0 Å². The van der Waals surface area contributed by atoms with Crippen molar-refractivity contribution in [1.82, 2.24) is 9.88 Å². The van der Waals surface area contributed by atoms with E-state index in [0.29, 0.717) is 0 Å². The first-order valence-corrected chi connectivity index (χ1v) is 9.54. The second-order valence-corrected chi connectivity index (χ2v) is 7.16. The van der Waals surface area contributed by atoms with Crippen LogP contribution in [0.15, 0.2) is 47.0 Å². The largest absolute Gasteiger partial charge is 0.494 e. The fourth-order valence-corrected chi connectivity index (χ4v) is 3.74. The molecule has 1 unspecified atom stereocenters. The van der Waals surface area contributed by atoms with Crippen molar-refractivity contribution in [3.63, 3.8) is 0 Å². The van der Waals surface area contributed by atoms with Gasteiger partial charge in [-0.15, -0.1) is 0 Å². The lowest BCUT2D eigenvalue weighted by molar-refractivity contribution is 0.000908. The van der Waals surface area contributed by atoms with Gasteiger partial charge in [-0.25, -0.2) is 0 Å². The molecule has 3 aromatic rings. The molecule has 0 amide bonds. The molecule has 2 aromatic heterocycles. The minimum Gasteiger partial charge on any atom is -0.494 e. The molecule has 142 valence electrons. The van der Waals surface area contributed by atoms with E-state index in [1.165, 1.54) is 12.0 Å². The number of hydrogen-bond donors (Lipinski definition) is 0. The number of hydrogen-bond acceptors (Lipinski definition) is 5. The number of furan rings is 1. The van der Waals surface area contributed by atoms with E-state index < -0.39 is 0 Å². The molecule has 5 nitrogen and oxygen atoms in total. The number of nitrogens with zero attached hydrogens (tertiary/aromatic N) is 2. The summed E-state index contributed by atoms with van der Waals surface area (Å²) in [5.41, 5.74) is 2.13. The quantitative estimate of drug-likeness (QED) is 0.632. The first-order chi connectivity index (χ1) is 13.2. The number of fused-ring (bicyclic) bond motifs is 1. The number of pyridine rings is 1. The lowest BCUT2D eigenvalue weighted by Gasteiger charge is -2.20. The van der Waals surface area contributed by atoms with Gasteiger partial charge >= 0.3 is 0 Å². The zero-order valence-electron chi connectivity index (χ0n) is 16.0. The highest BCUT2D eigenvalue weighted by Gasteiger charge is 2.20. The van der Waals surface area contributed by atoms with Crippen LogP contribution in [-0.2, 0) is 17.8 Å². The molecule has 1 saturated heterocycles. The molecular weight excluding hydrogens is 340 g/mol. The molecule has 0 bridgehead atoms. The van der Waals surface area contributed by atoms with Gasteiger partial charge in [-0.2, -0.15) is 0 Å². The lowest BCUT2D eigenvalue weighted by Crippen LogP contribution is -2.17. The Hall–Kier alpha value is -2.37. The molecule has 0 spiro atoms. The predicted octanol–water partition coefficient (Wildman–Crippen LogP) is 4.71. The van der Waals surface area contributed by atoms with Gasteiger partial charge in [-0.1, -0.05) is 12.1 Å². The van der Waals surface area contributed by atoms with Gasteiger partial charge in [0.15, 0.2) is 0 Å². The normalized spacial score (nSPS) is 17.5. The molecule has 27 heavy (non-hydrogen) atoms. The van der Waals surface area contributed by atoms with Gasteiger partial charge in [-0.3, -0.25) is 9.88 Å². The molecule has 4 rings (SSSR count). The lowest BCUT2D eigenvalue weighted by atomic mass is 10.1. The second-order valence-electron chi connectivity index (χ2n) is 7.16. The van der Waals surface area contributed by atoms with E-state index >= 15 is 0 Å². The van der Waals surface area contributed by atoms with E-state index in [2.05, 4.69) is 41.2 Å². The molecule has 1 aromatic carbocycles. The first-order valence-electron chi connectivity index (χ1n) is 9.54. The molecule has 5 heteroatoms. The third-order valence-corrected chi connectivity index (χ3v) is 5.09. The Morgan fingerprint density at radius 3 is 2.89 bits per heavy atom. The summed E-state index contributed by atoms with van der Waals surface area (Å²) in [4.78, 5) is 6.73. The second kappa shape index (κ2) is 8.11. The predicted molar refractivity (Wildman–Crippen MR) is 105 cm³/mol. The van der Waals surface area contributed by atoms with Gasteiger partial charge in [0.05, 0.1) is 13.7 Å². The Labute approximate surface area is 159 Å². The first kappa shape index (κ1) is 18.0. The Bertz CT molecular complexity index is 899. The summed E-state index contributed by atoms with van der Waals surface area (Å²) in [6.07, 6.45) is 5.33. The third-order valence-electron chi connectivity index (χ3n) is 5.09. The molecule has 0 saturated carbocycles. The summed E-state index contributed by atoms with van der Waals surface area (Å²) in [5.74, 6) is 2.73. The Morgan fingerprint density at radius 2 is 2.07 bits per heavy atom. The Kier molecular flexibility index (Phi) is 5.41. The molecule has 1 atom stereocenters. The fourth-order valence-electron chi connectivity index (χ4n) is 3.74. The molecule has 0 radical (unpaired) electrons. The highest BCUT2D eigenvalue weighted by Crippen LogP contribution is 2.30. The van der Waals surface area contributed by atoms with Crippen molar-refractivity contribution in [3.05, 3.63) is 59.7 Å². The maximum atomic E-state index is 6.06. The summed E-state index contributed by atoms with van der Waals surface area (Å²) in [6.45, 7) is 2.39. The van der Waals surface area contributed by atoms with Gasteiger partial charge in [0, 0.05) is 24.7 Å². The SMILES string of the molecule is COc1ccc(CN(C)Cc2ccc(C3CCCCO3)o2)c2cccnc12. The maximum absolute atomic E-state index is 6.06. The number of methoxy groups -OCH3 is 1. The van der Waals surface area contributed by atoms with E-state index in [0.717, 1.165) is 60.7 Å². The zero-order valence-corrected chi connectivity index (χ0v) is 16.0. The van der Waals surface area contributed by atoms with Crippen LogP contribution in [0.3, 0.4) is 0 Å². The smallest absolute Gasteiger partial charge is 0.145 e. The van der Waals surface area contributed by atoms with Crippen molar-refractivity contribution in [3.8, 4) is 5.75 Å². The van der Waals surface area contributed by atoms with Crippen LogP contribution in [0.25, 0.3) is 10.9 Å². The van der Waals surface area contributed by atoms with E-state index in [-0.39, 0.29) is 6.10 Å². The molecule has 0 aliphatic carbocycles. The highest BCUT2D eigenvalue weighted by atomic mass is 16.5. The molecule has 1 fully saturated rings. The summed E-state index contributed by atoms with van der Waals surface area (Å²) in [5, 5.41) is 1.12.